The van der Waals surface area contributed by atoms with Crippen LogP contribution in [0.5, 0.6) is 0 Å². The first-order chi connectivity index (χ1) is 6.24. The molecule has 0 saturated heterocycles. The van der Waals surface area contributed by atoms with E-state index in [1.807, 2.05) is 12.2 Å². The van der Waals surface area contributed by atoms with Gasteiger partial charge in [0.25, 0.3) is 0 Å². The van der Waals surface area contributed by atoms with Gasteiger partial charge in [-0.1, -0.05) is 18.2 Å². The van der Waals surface area contributed by atoms with Crippen LogP contribution in [0.15, 0.2) is 24.3 Å². The zero-order valence-electron chi connectivity index (χ0n) is 7.33. The molecule has 1 aromatic rings. The summed E-state index contributed by atoms with van der Waals surface area (Å²) >= 11 is 0. The zero-order chi connectivity index (χ0) is 9.68. The van der Waals surface area contributed by atoms with Gasteiger partial charge in [0, 0.05) is 0 Å². The third-order valence-corrected chi connectivity index (χ3v) is 1.66. The second kappa shape index (κ2) is 4.62. The van der Waals surface area contributed by atoms with E-state index in [1.165, 1.54) is 6.07 Å². The minimum atomic E-state index is -0.379. The van der Waals surface area contributed by atoms with Crippen molar-refractivity contribution in [3.05, 3.63) is 35.7 Å². The average Bonchev–Trinajstić information content (AvgIpc) is 2.12. The topological polar surface area (TPSA) is 52.0 Å². The molecule has 0 spiro atoms. The molecule has 0 fully saturated rings. The van der Waals surface area contributed by atoms with Crippen LogP contribution in [-0.2, 0) is 0 Å². The molecule has 1 aromatic carbocycles. The number of anilines is 1. The fourth-order valence-corrected chi connectivity index (χ4v) is 0.982. The maximum atomic E-state index is 12.7. The van der Waals surface area contributed by atoms with E-state index in [4.69, 9.17) is 11.5 Å². The Morgan fingerprint density at radius 1 is 1.38 bits per heavy atom. The molecular formula is C10H13FN2. The van der Waals surface area contributed by atoms with Gasteiger partial charge in [-0.25, -0.2) is 4.39 Å². The van der Waals surface area contributed by atoms with Gasteiger partial charge in [-0.15, -0.1) is 0 Å². The van der Waals surface area contributed by atoms with Crippen LogP contribution >= 0.6 is 0 Å². The molecule has 0 bridgehead atoms. The predicted molar refractivity (Wildman–Crippen MR) is 53.5 cm³/mol. The molecule has 0 aliphatic rings. The summed E-state index contributed by atoms with van der Waals surface area (Å²) in [6.45, 7) is 0.618. The molecule has 0 heterocycles. The fourth-order valence-electron chi connectivity index (χ4n) is 0.982. The van der Waals surface area contributed by atoms with E-state index in [9.17, 15) is 4.39 Å². The quantitative estimate of drug-likeness (QED) is 0.696. The highest BCUT2D eigenvalue weighted by molar-refractivity contribution is 5.55. The van der Waals surface area contributed by atoms with Crippen molar-refractivity contribution in [2.45, 2.75) is 6.42 Å². The first-order valence-electron chi connectivity index (χ1n) is 4.15. The van der Waals surface area contributed by atoms with E-state index in [1.54, 1.807) is 12.1 Å². The van der Waals surface area contributed by atoms with Crippen LogP contribution in [0.4, 0.5) is 10.1 Å². The second-order valence-corrected chi connectivity index (χ2v) is 2.76. The van der Waals surface area contributed by atoms with Crippen molar-refractivity contribution < 1.29 is 4.39 Å². The van der Waals surface area contributed by atoms with Gasteiger partial charge in [0.05, 0.1) is 5.69 Å². The predicted octanol–water partition coefficient (Wildman–Crippen LogP) is 1.77. The van der Waals surface area contributed by atoms with Gasteiger partial charge in [-0.2, -0.15) is 0 Å². The Balaban J connectivity index is 2.73. The standard InChI is InChI=1S/C10H13FN2/c11-9-5-4-8(7-10(9)13)3-1-2-6-12/h1,3-5,7H,2,6,12-13H2. The van der Waals surface area contributed by atoms with Crippen molar-refractivity contribution in [2.75, 3.05) is 12.3 Å². The molecule has 0 unspecified atom stereocenters. The summed E-state index contributed by atoms with van der Waals surface area (Å²) in [5, 5.41) is 0. The first-order valence-corrected chi connectivity index (χ1v) is 4.15. The number of rotatable bonds is 3. The smallest absolute Gasteiger partial charge is 0.146 e. The van der Waals surface area contributed by atoms with Crippen molar-refractivity contribution in [3.8, 4) is 0 Å². The van der Waals surface area contributed by atoms with Crippen LogP contribution in [0.3, 0.4) is 0 Å². The Labute approximate surface area is 77.0 Å². The van der Waals surface area contributed by atoms with Crippen LogP contribution < -0.4 is 11.5 Å². The number of nitrogens with two attached hydrogens (primary N) is 2. The highest BCUT2D eigenvalue weighted by atomic mass is 19.1. The van der Waals surface area contributed by atoms with E-state index < -0.39 is 0 Å². The van der Waals surface area contributed by atoms with E-state index >= 15 is 0 Å². The lowest BCUT2D eigenvalue weighted by molar-refractivity contribution is 0.632. The van der Waals surface area contributed by atoms with Crippen LogP contribution in [0.1, 0.15) is 12.0 Å². The van der Waals surface area contributed by atoms with Gasteiger partial charge in [-0.05, 0) is 30.7 Å². The summed E-state index contributed by atoms with van der Waals surface area (Å²) in [5.74, 6) is -0.379. The first kappa shape index (κ1) is 9.74. The molecule has 0 aliphatic heterocycles. The van der Waals surface area contributed by atoms with Crippen molar-refractivity contribution in [1.82, 2.24) is 0 Å². The highest BCUT2D eigenvalue weighted by Crippen LogP contribution is 2.13. The van der Waals surface area contributed by atoms with Gasteiger partial charge in [-0.3, -0.25) is 0 Å². The fraction of sp³-hybridized carbons (Fsp3) is 0.200. The van der Waals surface area contributed by atoms with Crippen LogP contribution in [0.2, 0.25) is 0 Å². The average molecular weight is 180 g/mol. The molecule has 1 rings (SSSR count). The molecule has 70 valence electrons. The maximum absolute atomic E-state index is 12.7. The van der Waals surface area contributed by atoms with E-state index in [-0.39, 0.29) is 11.5 Å². The number of benzene rings is 1. The van der Waals surface area contributed by atoms with Crippen molar-refractivity contribution in [1.29, 1.82) is 0 Å². The second-order valence-electron chi connectivity index (χ2n) is 2.76. The lowest BCUT2D eigenvalue weighted by Crippen LogP contribution is -1.95. The van der Waals surface area contributed by atoms with Gasteiger partial charge in [0.1, 0.15) is 5.82 Å². The minimum absolute atomic E-state index is 0.176. The molecule has 2 nitrogen and oxygen atoms in total. The van der Waals surface area contributed by atoms with Gasteiger partial charge in [0.15, 0.2) is 0 Å². The molecule has 0 radical (unpaired) electrons. The van der Waals surface area contributed by atoms with Gasteiger partial charge >= 0.3 is 0 Å². The van der Waals surface area contributed by atoms with Gasteiger partial charge in [0.2, 0.25) is 0 Å². The highest BCUT2D eigenvalue weighted by Gasteiger charge is 1.95. The lowest BCUT2D eigenvalue weighted by atomic mass is 10.1. The van der Waals surface area contributed by atoms with E-state index in [0.717, 1.165) is 12.0 Å². The van der Waals surface area contributed by atoms with Crippen molar-refractivity contribution >= 4 is 11.8 Å². The number of hydrogen-bond acceptors (Lipinski definition) is 2. The molecule has 0 amide bonds. The molecule has 0 atom stereocenters. The molecule has 0 saturated carbocycles. The SMILES string of the molecule is NCCC=Cc1ccc(F)c(N)c1. The minimum Gasteiger partial charge on any atom is -0.396 e. The maximum Gasteiger partial charge on any atom is 0.146 e. The van der Waals surface area contributed by atoms with E-state index in [2.05, 4.69) is 0 Å². The summed E-state index contributed by atoms with van der Waals surface area (Å²) in [4.78, 5) is 0. The molecular weight excluding hydrogens is 167 g/mol. The molecule has 4 N–H and O–H groups in total. The molecule has 0 aromatic heterocycles. The van der Waals surface area contributed by atoms with Gasteiger partial charge < -0.3 is 11.5 Å². The monoisotopic (exact) mass is 180 g/mol. The molecule has 13 heavy (non-hydrogen) atoms. The van der Waals surface area contributed by atoms with Crippen molar-refractivity contribution in [2.24, 2.45) is 5.73 Å². The lowest BCUT2D eigenvalue weighted by Gasteiger charge is -1.97. The summed E-state index contributed by atoms with van der Waals surface area (Å²) < 4.78 is 12.7. The van der Waals surface area contributed by atoms with Crippen LogP contribution in [-0.4, -0.2) is 6.54 Å². The summed E-state index contributed by atoms with van der Waals surface area (Å²) in [7, 11) is 0. The summed E-state index contributed by atoms with van der Waals surface area (Å²) in [6, 6.07) is 4.64. The Hall–Kier alpha value is -1.35. The third kappa shape index (κ3) is 2.87. The summed E-state index contributed by atoms with van der Waals surface area (Å²) in [6.07, 6.45) is 4.63. The van der Waals surface area contributed by atoms with Crippen LogP contribution in [0, 0.1) is 5.82 Å². The number of hydrogen-bond donors (Lipinski definition) is 2. The molecule has 0 aliphatic carbocycles. The Kier molecular flexibility index (Phi) is 3.46. The summed E-state index contributed by atoms with van der Waals surface area (Å²) in [5.41, 5.74) is 11.8. The largest absolute Gasteiger partial charge is 0.396 e. The Morgan fingerprint density at radius 2 is 2.15 bits per heavy atom. The Morgan fingerprint density at radius 3 is 2.77 bits per heavy atom. The zero-order valence-corrected chi connectivity index (χ0v) is 7.33. The number of halogens is 1. The van der Waals surface area contributed by atoms with E-state index in [0.29, 0.717) is 6.54 Å². The third-order valence-electron chi connectivity index (χ3n) is 1.66. The van der Waals surface area contributed by atoms with Crippen LogP contribution in [0.25, 0.3) is 6.08 Å². The van der Waals surface area contributed by atoms with Crippen molar-refractivity contribution in [3.63, 3.8) is 0 Å². The molecule has 3 heteroatoms. The normalized spacial score (nSPS) is 10.9. The Bertz CT molecular complexity index is 308. The number of nitrogen functional groups attached to an aromatic ring is 1.